The van der Waals surface area contributed by atoms with E-state index in [1.807, 2.05) is 0 Å². The SMILES string of the molecule is CCC(c1ccc(Br)cc1)N1CCCC1CNC. The molecule has 0 aromatic heterocycles. The van der Waals surface area contributed by atoms with E-state index in [9.17, 15) is 0 Å². The summed E-state index contributed by atoms with van der Waals surface area (Å²) in [4.78, 5) is 2.68. The molecule has 0 bridgehead atoms. The van der Waals surface area contributed by atoms with E-state index in [0.29, 0.717) is 12.1 Å². The molecule has 1 aliphatic rings. The number of likely N-dealkylation sites (tertiary alicyclic amines) is 1. The Hall–Kier alpha value is -0.380. The molecule has 1 aromatic rings. The van der Waals surface area contributed by atoms with Crippen molar-refractivity contribution >= 4 is 15.9 Å². The van der Waals surface area contributed by atoms with Crippen LogP contribution in [0, 0.1) is 0 Å². The molecule has 2 atom stereocenters. The Morgan fingerprint density at radius 1 is 1.39 bits per heavy atom. The van der Waals surface area contributed by atoms with Crippen LogP contribution in [-0.4, -0.2) is 31.1 Å². The lowest BCUT2D eigenvalue weighted by atomic mass is 10.0. The molecule has 0 saturated carbocycles. The zero-order valence-electron chi connectivity index (χ0n) is 11.3. The number of nitrogens with zero attached hydrogens (tertiary/aromatic N) is 1. The van der Waals surface area contributed by atoms with Gasteiger partial charge in [0.25, 0.3) is 0 Å². The smallest absolute Gasteiger partial charge is 0.0348 e. The lowest BCUT2D eigenvalue weighted by Crippen LogP contribution is -2.39. The van der Waals surface area contributed by atoms with Gasteiger partial charge in [0, 0.05) is 23.1 Å². The maximum atomic E-state index is 3.51. The van der Waals surface area contributed by atoms with E-state index in [0.717, 1.165) is 11.0 Å². The van der Waals surface area contributed by atoms with E-state index in [-0.39, 0.29) is 0 Å². The van der Waals surface area contributed by atoms with Crippen molar-refractivity contribution in [3.8, 4) is 0 Å². The fourth-order valence-corrected chi connectivity index (χ4v) is 3.33. The van der Waals surface area contributed by atoms with E-state index >= 15 is 0 Å². The minimum absolute atomic E-state index is 0.568. The van der Waals surface area contributed by atoms with Gasteiger partial charge >= 0.3 is 0 Å². The number of benzene rings is 1. The fourth-order valence-electron chi connectivity index (χ4n) is 3.07. The highest BCUT2D eigenvalue weighted by atomic mass is 79.9. The highest BCUT2D eigenvalue weighted by molar-refractivity contribution is 9.10. The summed E-state index contributed by atoms with van der Waals surface area (Å²) < 4.78 is 1.16. The second kappa shape index (κ2) is 6.69. The molecule has 2 nitrogen and oxygen atoms in total. The zero-order chi connectivity index (χ0) is 13.0. The van der Waals surface area contributed by atoms with Gasteiger partial charge in [-0.15, -0.1) is 0 Å². The highest BCUT2D eigenvalue weighted by Gasteiger charge is 2.29. The van der Waals surface area contributed by atoms with Crippen molar-refractivity contribution in [1.29, 1.82) is 0 Å². The summed E-state index contributed by atoms with van der Waals surface area (Å²) in [6, 6.07) is 10.1. The molecule has 1 heterocycles. The molecule has 0 aliphatic carbocycles. The maximum absolute atomic E-state index is 3.51. The van der Waals surface area contributed by atoms with E-state index in [1.165, 1.54) is 31.4 Å². The van der Waals surface area contributed by atoms with Crippen LogP contribution in [0.3, 0.4) is 0 Å². The molecule has 1 aliphatic heterocycles. The average Bonchev–Trinajstić information content (AvgIpc) is 2.82. The van der Waals surface area contributed by atoms with Crippen molar-refractivity contribution in [2.75, 3.05) is 20.1 Å². The van der Waals surface area contributed by atoms with Crippen molar-refractivity contribution in [2.24, 2.45) is 0 Å². The van der Waals surface area contributed by atoms with Crippen LogP contribution in [0.15, 0.2) is 28.7 Å². The second-order valence-corrected chi connectivity index (χ2v) is 5.98. The van der Waals surface area contributed by atoms with Gasteiger partial charge in [-0.1, -0.05) is 35.0 Å². The molecule has 1 aromatic carbocycles. The van der Waals surface area contributed by atoms with Gasteiger partial charge in [0.2, 0.25) is 0 Å². The van der Waals surface area contributed by atoms with Crippen LogP contribution in [0.25, 0.3) is 0 Å². The Bertz CT molecular complexity index is 363. The summed E-state index contributed by atoms with van der Waals surface area (Å²) in [6.07, 6.45) is 3.84. The molecule has 0 spiro atoms. The maximum Gasteiger partial charge on any atom is 0.0348 e. The quantitative estimate of drug-likeness (QED) is 0.894. The molecule has 0 amide bonds. The van der Waals surface area contributed by atoms with Gasteiger partial charge in [0.1, 0.15) is 0 Å². The van der Waals surface area contributed by atoms with E-state index in [4.69, 9.17) is 0 Å². The van der Waals surface area contributed by atoms with Gasteiger partial charge < -0.3 is 5.32 Å². The minimum Gasteiger partial charge on any atom is -0.318 e. The highest BCUT2D eigenvalue weighted by Crippen LogP contribution is 2.32. The van der Waals surface area contributed by atoms with Crippen molar-refractivity contribution in [2.45, 2.75) is 38.3 Å². The van der Waals surface area contributed by atoms with Crippen molar-refractivity contribution in [3.05, 3.63) is 34.3 Å². The van der Waals surface area contributed by atoms with Crippen LogP contribution < -0.4 is 5.32 Å². The predicted molar refractivity (Wildman–Crippen MR) is 80.8 cm³/mol. The van der Waals surface area contributed by atoms with Gasteiger partial charge in [-0.3, -0.25) is 4.90 Å². The summed E-state index contributed by atoms with van der Waals surface area (Å²) in [5.74, 6) is 0. The predicted octanol–water partition coefficient (Wildman–Crippen LogP) is 3.58. The first-order valence-electron chi connectivity index (χ1n) is 6.92. The topological polar surface area (TPSA) is 15.3 Å². The lowest BCUT2D eigenvalue weighted by molar-refractivity contribution is 0.174. The van der Waals surface area contributed by atoms with Gasteiger partial charge in [-0.2, -0.15) is 0 Å². The van der Waals surface area contributed by atoms with Gasteiger partial charge in [0.05, 0.1) is 0 Å². The van der Waals surface area contributed by atoms with Crippen LogP contribution in [-0.2, 0) is 0 Å². The summed E-state index contributed by atoms with van der Waals surface area (Å²) in [5, 5.41) is 3.33. The van der Waals surface area contributed by atoms with Crippen molar-refractivity contribution < 1.29 is 0 Å². The molecule has 2 unspecified atom stereocenters. The Morgan fingerprint density at radius 2 is 2.11 bits per heavy atom. The molecule has 1 saturated heterocycles. The molecule has 0 radical (unpaired) electrons. The second-order valence-electron chi connectivity index (χ2n) is 5.07. The molecular formula is C15H23BrN2. The number of likely N-dealkylation sites (N-methyl/N-ethyl adjacent to an activating group) is 1. The Morgan fingerprint density at radius 3 is 2.72 bits per heavy atom. The average molecular weight is 311 g/mol. The van der Waals surface area contributed by atoms with E-state index in [2.05, 4.69) is 64.4 Å². The monoisotopic (exact) mass is 310 g/mol. The molecule has 1 N–H and O–H groups in total. The molecular weight excluding hydrogens is 288 g/mol. The van der Waals surface area contributed by atoms with Crippen molar-refractivity contribution in [1.82, 2.24) is 10.2 Å². The third-order valence-electron chi connectivity index (χ3n) is 3.90. The first-order valence-corrected chi connectivity index (χ1v) is 7.71. The van der Waals surface area contributed by atoms with E-state index < -0.39 is 0 Å². The van der Waals surface area contributed by atoms with Crippen molar-refractivity contribution in [3.63, 3.8) is 0 Å². The normalized spacial score (nSPS) is 22.3. The van der Waals surface area contributed by atoms with Crippen LogP contribution in [0.5, 0.6) is 0 Å². The third kappa shape index (κ3) is 3.14. The first-order chi connectivity index (χ1) is 8.76. The largest absolute Gasteiger partial charge is 0.318 e. The van der Waals surface area contributed by atoms with Gasteiger partial charge in [-0.05, 0) is 50.6 Å². The third-order valence-corrected chi connectivity index (χ3v) is 4.43. The fraction of sp³-hybridized carbons (Fsp3) is 0.600. The summed E-state index contributed by atoms with van der Waals surface area (Å²) >= 11 is 3.51. The van der Waals surface area contributed by atoms with Crippen LogP contribution in [0.2, 0.25) is 0 Å². The van der Waals surface area contributed by atoms with E-state index in [1.54, 1.807) is 0 Å². The Kier molecular flexibility index (Phi) is 5.22. The van der Waals surface area contributed by atoms with Crippen LogP contribution in [0.1, 0.15) is 37.8 Å². The summed E-state index contributed by atoms with van der Waals surface area (Å²) in [6.45, 7) is 4.63. The number of nitrogens with one attached hydrogen (secondary N) is 1. The Labute approximate surface area is 119 Å². The molecule has 18 heavy (non-hydrogen) atoms. The van der Waals surface area contributed by atoms with Gasteiger partial charge in [-0.25, -0.2) is 0 Å². The first kappa shape index (κ1) is 14.0. The number of halogens is 1. The minimum atomic E-state index is 0.568. The summed E-state index contributed by atoms with van der Waals surface area (Å²) in [5.41, 5.74) is 1.45. The zero-order valence-corrected chi connectivity index (χ0v) is 12.9. The van der Waals surface area contributed by atoms with Gasteiger partial charge in [0.15, 0.2) is 0 Å². The summed E-state index contributed by atoms with van der Waals surface area (Å²) in [7, 11) is 2.05. The molecule has 2 rings (SSSR count). The Balaban J connectivity index is 2.14. The molecule has 1 fully saturated rings. The molecule has 100 valence electrons. The standard InChI is InChI=1S/C15H23BrN2/c1-3-15(12-6-8-13(16)9-7-12)18-10-4-5-14(18)11-17-2/h6-9,14-15,17H,3-5,10-11H2,1-2H3. The molecule has 3 heteroatoms. The lowest BCUT2D eigenvalue weighted by Gasteiger charge is -2.33. The number of hydrogen-bond acceptors (Lipinski definition) is 2. The number of hydrogen-bond donors (Lipinski definition) is 1. The van der Waals surface area contributed by atoms with Crippen LogP contribution >= 0.6 is 15.9 Å². The number of rotatable bonds is 5. The van der Waals surface area contributed by atoms with Crippen LogP contribution in [0.4, 0.5) is 0 Å².